The maximum atomic E-state index is 17.5. The minimum Gasteiger partial charge on any atom is -0.331 e. The quantitative estimate of drug-likeness (QED) is 0.182. The molecule has 2 aliphatic carbocycles. The van der Waals surface area contributed by atoms with Gasteiger partial charge >= 0.3 is 0 Å². The van der Waals surface area contributed by atoms with Crippen molar-refractivity contribution >= 4 is 11.4 Å². The van der Waals surface area contributed by atoms with Crippen LogP contribution < -0.4 is 4.90 Å². The Hall–Kier alpha value is -5.80. The zero-order valence-electron chi connectivity index (χ0n) is 31.9. The second-order valence-electron chi connectivity index (χ2n) is 14.0. The van der Waals surface area contributed by atoms with Crippen LogP contribution in [-0.4, -0.2) is 5.54 Å². The molecule has 0 unspecified atom stereocenters. The lowest BCUT2D eigenvalue weighted by Crippen LogP contribution is -2.38. The smallest absolute Gasteiger partial charge is 0.154 e. The van der Waals surface area contributed by atoms with Gasteiger partial charge in [0.05, 0.1) is 22.3 Å². The first-order valence-corrected chi connectivity index (χ1v) is 16.8. The Labute approximate surface area is 297 Å². The number of benzene rings is 7. The molecule has 0 fully saturated rings. The van der Waals surface area contributed by atoms with Gasteiger partial charge in [0.2, 0.25) is 0 Å². The third-order valence-corrected chi connectivity index (χ3v) is 10.2. The Bertz CT molecular complexity index is 2590. The summed E-state index contributed by atoms with van der Waals surface area (Å²) < 4.78 is 67.6. The Balaban J connectivity index is 1.41. The molecular formula is C47H35F2N. The average molecular weight is 656 g/mol. The standard InChI is InChI=1S/C47H35F2N/c1-46(2,3)50(42-27-14-13-26-41(42)48)43-29-31(28-37(45(43)49)30-16-5-4-6-17-30)32-21-15-22-36-35-20-9-12-25-40(35)47(44(32)36)38-23-10-7-18-33(38)34-19-8-11-24-39(34)47/h4-29H,1-3H3/i13D,14D,26D,27D. The monoisotopic (exact) mass is 655 g/mol. The van der Waals surface area contributed by atoms with E-state index in [0.29, 0.717) is 11.1 Å². The molecule has 0 amide bonds. The van der Waals surface area contributed by atoms with Crippen molar-refractivity contribution in [3.05, 3.63) is 192 Å². The minimum atomic E-state index is -1.14. The molecule has 0 saturated carbocycles. The molecular weight excluding hydrogens is 617 g/mol. The van der Waals surface area contributed by atoms with Crippen molar-refractivity contribution < 1.29 is 14.3 Å². The van der Waals surface area contributed by atoms with Crippen molar-refractivity contribution in [2.24, 2.45) is 0 Å². The van der Waals surface area contributed by atoms with Gasteiger partial charge in [0.1, 0.15) is 5.82 Å². The molecule has 7 aromatic rings. The van der Waals surface area contributed by atoms with Crippen LogP contribution in [0.25, 0.3) is 44.5 Å². The SMILES string of the molecule is [2H]c1c([2H])c([2H])c(N(c2cc(-c3cccc4c3C3(c5ccccc5-c5ccccc53)c3ccccc3-4)cc(-c3ccccc3)c2F)C(C)(C)C)c(F)c1[2H]. The van der Waals surface area contributed by atoms with Crippen molar-refractivity contribution in [3.63, 3.8) is 0 Å². The van der Waals surface area contributed by atoms with Crippen LogP contribution >= 0.6 is 0 Å². The molecule has 0 radical (unpaired) electrons. The summed E-state index contributed by atoms with van der Waals surface area (Å²) in [5, 5.41) is 0. The van der Waals surface area contributed by atoms with E-state index in [4.69, 9.17) is 5.48 Å². The average Bonchev–Trinajstić information content (AvgIpc) is 3.66. The maximum absolute atomic E-state index is 17.5. The summed E-state index contributed by atoms with van der Waals surface area (Å²) in [7, 11) is 0. The molecule has 9 rings (SSSR count). The lowest BCUT2D eigenvalue weighted by molar-refractivity contribution is 0.527. The molecule has 0 aromatic heterocycles. The van der Waals surface area contributed by atoms with Crippen molar-refractivity contribution in [3.8, 4) is 44.5 Å². The highest BCUT2D eigenvalue weighted by molar-refractivity contribution is 5.99. The maximum Gasteiger partial charge on any atom is 0.154 e. The summed E-state index contributed by atoms with van der Waals surface area (Å²) in [6.07, 6.45) is 0. The van der Waals surface area contributed by atoms with Crippen LogP contribution in [-0.2, 0) is 5.41 Å². The van der Waals surface area contributed by atoms with Gasteiger partial charge in [-0.1, -0.05) is 133 Å². The molecule has 1 spiro atoms. The molecule has 0 atom stereocenters. The Morgan fingerprint density at radius 2 is 1.04 bits per heavy atom. The lowest BCUT2D eigenvalue weighted by atomic mass is 9.68. The number of para-hydroxylation sites is 1. The summed E-state index contributed by atoms with van der Waals surface area (Å²) >= 11 is 0. The van der Waals surface area contributed by atoms with E-state index in [2.05, 4.69) is 84.9 Å². The van der Waals surface area contributed by atoms with Gasteiger partial charge in [-0.3, -0.25) is 0 Å². The highest BCUT2D eigenvalue weighted by atomic mass is 19.1. The predicted molar refractivity (Wildman–Crippen MR) is 202 cm³/mol. The van der Waals surface area contributed by atoms with E-state index < -0.39 is 52.4 Å². The summed E-state index contributed by atoms with van der Waals surface area (Å²) in [4.78, 5) is 1.39. The highest BCUT2D eigenvalue weighted by Crippen LogP contribution is 2.64. The van der Waals surface area contributed by atoms with Gasteiger partial charge in [0.25, 0.3) is 0 Å². The van der Waals surface area contributed by atoms with Gasteiger partial charge in [-0.25, -0.2) is 8.78 Å². The number of rotatable bonds is 4. The number of hydrogen-bond donors (Lipinski definition) is 0. The second-order valence-corrected chi connectivity index (χ2v) is 14.0. The molecule has 0 N–H and O–H groups in total. The van der Waals surface area contributed by atoms with E-state index >= 15 is 8.78 Å². The van der Waals surface area contributed by atoms with E-state index in [1.807, 2.05) is 42.5 Å². The van der Waals surface area contributed by atoms with Gasteiger partial charge in [-0.2, -0.15) is 0 Å². The van der Waals surface area contributed by atoms with Gasteiger partial charge in [-0.05, 0) is 106 Å². The Morgan fingerprint density at radius 1 is 0.520 bits per heavy atom. The molecule has 1 nitrogen and oxygen atoms in total. The zero-order valence-corrected chi connectivity index (χ0v) is 27.9. The molecule has 3 heteroatoms. The van der Waals surface area contributed by atoms with Crippen LogP contribution in [0.15, 0.2) is 158 Å². The fourth-order valence-electron chi connectivity index (χ4n) is 8.41. The summed E-state index contributed by atoms with van der Waals surface area (Å²) in [5.74, 6) is -1.77. The molecule has 7 aromatic carbocycles. The predicted octanol–water partition coefficient (Wildman–Crippen LogP) is 12.6. The topological polar surface area (TPSA) is 3.24 Å². The normalized spacial score (nSPS) is 14.6. The van der Waals surface area contributed by atoms with E-state index in [-0.39, 0.29) is 11.3 Å². The second kappa shape index (κ2) is 11.1. The number of halogens is 2. The van der Waals surface area contributed by atoms with Crippen molar-refractivity contribution in [2.45, 2.75) is 31.7 Å². The number of hydrogen-bond acceptors (Lipinski definition) is 1. The lowest BCUT2D eigenvalue weighted by Gasteiger charge is -2.39. The van der Waals surface area contributed by atoms with Crippen molar-refractivity contribution in [1.82, 2.24) is 0 Å². The van der Waals surface area contributed by atoms with E-state index in [1.54, 1.807) is 26.8 Å². The van der Waals surface area contributed by atoms with E-state index in [9.17, 15) is 0 Å². The van der Waals surface area contributed by atoms with Crippen LogP contribution in [0.1, 0.15) is 48.5 Å². The molecule has 0 heterocycles. The number of anilines is 2. The molecule has 0 saturated heterocycles. The molecule has 0 aliphatic heterocycles. The Morgan fingerprint density at radius 3 is 1.66 bits per heavy atom. The molecule has 242 valence electrons. The summed E-state index contributed by atoms with van der Waals surface area (Å²) in [5.41, 5.74) is 9.36. The fourth-order valence-corrected chi connectivity index (χ4v) is 8.41. The van der Waals surface area contributed by atoms with Gasteiger partial charge in [0.15, 0.2) is 5.82 Å². The van der Waals surface area contributed by atoms with Crippen LogP contribution in [0.5, 0.6) is 0 Å². The first-order valence-electron chi connectivity index (χ1n) is 18.8. The summed E-state index contributed by atoms with van der Waals surface area (Å²) in [6.45, 7) is 5.33. The van der Waals surface area contributed by atoms with Crippen molar-refractivity contribution in [2.75, 3.05) is 4.90 Å². The zero-order chi connectivity index (χ0) is 37.7. The fraction of sp³-hybridized carbons (Fsp3) is 0.106. The van der Waals surface area contributed by atoms with Gasteiger partial charge in [0, 0.05) is 11.1 Å². The van der Waals surface area contributed by atoms with Crippen LogP contribution in [0, 0.1) is 11.6 Å². The molecule has 2 aliphatic rings. The van der Waals surface area contributed by atoms with Crippen LogP contribution in [0.2, 0.25) is 0 Å². The van der Waals surface area contributed by atoms with Crippen molar-refractivity contribution in [1.29, 1.82) is 0 Å². The largest absolute Gasteiger partial charge is 0.331 e. The van der Waals surface area contributed by atoms with Gasteiger partial charge < -0.3 is 4.90 Å². The minimum absolute atomic E-state index is 0.00262. The van der Waals surface area contributed by atoms with Crippen LogP contribution in [0.3, 0.4) is 0 Å². The summed E-state index contributed by atoms with van der Waals surface area (Å²) in [6, 6.07) is 41.9. The number of nitrogens with zero attached hydrogens (tertiary/aromatic N) is 1. The third kappa shape index (κ3) is 4.23. The first kappa shape index (κ1) is 26.1. The van der Waals surface area contributed by atoms with E-state index in [1.165, 1.54) is 4.90 Å². The van der Waals surface area contributed by atoms with Gasteiger partial charge in [-0.15, -0.1) is 0 Å². The Kier molecular flexibility index (Phi) is 5.81. The van der Waals surface area contributed by atoms with Crippen LogP contribution in [0.4, 0.5) is 20.2 Å². The first-order chi connectivity index (χ1) is 26.0. The van der Waals surface area contributed by atoms with E-state index in [0.717, 1.165) is 50.1 Å². The molecule has 0 bridgehead atoms. The third-order valence-electron chi connectivity index (χ3n) is 10.2. The highest BCUT2D eigenvalue weighted by Gasteiger charge is 2.52. The molecule has 50 heavy (non-hydrogen) atoms. The number of fused-ring (bicyclic) bond motifs is 10.